The first kappa shape index (κ1) is 14.2. The van der Waals surface area contributed by atoms with Crippen LogP contribution in [0, 0.1) is 10.1 Å². The van der Waals surface area contributed by atoms with Gasteiger partial charge in [0, 0.05) is 22.7 Å². The molecule has 0 atom stereocenters. The number of nitro benzene ring substituents is 1. The van der Waals surface area contributed by atoms with Gasteiger partial charge in [-0.05, 0) is 13.0 Å². The summed E-state index contributed by atoms with van der Waals surface area (Å²) in [6.45, 7) is 3.69. The first-order valence-corrected chi connectivity index (χ1v) is 4.76. The predicted octanol–water partition coefficient (Wildman–Crippen LogP) is -1.66. The van der Waals surface area contributed by atoms with E-state index in [-0.39, 0.29) is 18.1 Å². The summed E-state index contributed by atoms with van der Waals surface area (Å²) in [7, 11) is 0. The van der Waals surface area contributed by atoms with Crippen LogP contribution >= 0.6 is 11.6 Å². The van der Waals surface area contributed by atoms with Crippen molar-refractivity contribution >= 4 is 17.3 Å². The van der Waals surface area contributed by atoms with Gasteiger partial charge in [0.1, 0.15) is 6.54 Å². The Balaban J connectivity index is 0.00000196. The highest BCUT2D eigenvalue weighted by Crippen LogP contribution is 2.20. The first-order chi connectivity index (χ1) is 6.63. The number of halogens is 2. The third kappa shape index (κ3) is 4.46. The second kappa shape index (κ2) is 6.61. The minimum Gasteiger partial charge on any atom is -1.00 e. The van der Waals surface area contributed by atoms with E-state index in [2.05, 4.69) is 5.32 Å². The van der Waals surface area contributed by atoms with Crippen LogP contribution in [0.25, 0.3) is 0 Å². The van der Waals surface area contributed by atoms with E-state index in [0.717, 1.165) is 18.7 Å². The number of non-ortho nitro benzene ring substituents is 1. The molecule has 0 spiro atoms. The molecule has 0 aliphatic carbocycles. The molecular weight excluding hydrogens is 239 g/mol. The predicted molar refractivity (Wildman–Crippen MR) is 54.3 cm³/mol. The molecule has 84 valence electrons. The third-order valence-corrected chi connectivity index (χ3v) is 2.04. The normalized spacial score (nSPS) is 9.47. The average Bonchev–Trinajstić information content (AvgIpc) is 2.14. The van der Waals surface area contributed by atoms with Crippen LogP contribution in [0.5, 0.6) is 0 Å². The van der Waals surface area contributed by atoms with Crippen molar-refractivity contribution in [2.45, 2.75) is 13.5 Å². The van der Waals surface area contributed by atoms with E-state index in [0.29, 0.717) is 5.02 Å². The SMILES string of the molecule is CC[NH2+]Cc1cc(Cl)cc([N+](=O)[O-])c1.[Cl-]. The van der Waals surface area contributed by atoms with Gasteiger partial charge < -0.3 is 17.7 Å². The summed E-state index contributed by atoms with van der Waals surface area (Å²) in [5.41, 5.74) is 0.933. The molecule has 1 rings (SSSR count). The van der Waals surface area contributed by atoms with Gasteiger partial charge in [0.05, 0.1) is 11.5 Å². The zero-order valence-corrected chi connectivity index (χ0v) is 9.76. The topological polar surface area (TPSA) is 59.8 Å². The van der Waals surface area contributed by atoms with Crippen LogP contribution in [0.1, 0.15) is 12.5 Å². The number of benzene rings is 1. The summed E-state index contributed by atoms with van der Waals surface area (Å²) in [4.78, 5) is 10.1. The molecule has 0 unspecified atom stereocenters. The standard InChI is InChI=1S/C9H11ClN2O2.ClH/c1-2-11-6-7-3-8(10)5-9(4-7)12(13)14;/h3-5,11H,2,6H2,1H3;1H. The lowest BCUT2D eigenvalue weighted by Crippen LogP contribution is -3.00. The number of quaternary nitrogens is 1. The number of hydrogen-bond donors (Lipinski definition) is 1. The highest BCUT2D eigenvalue weighted by atomic mass is 35.5. The number of rotatable bonds is 4. The lowest BCUT2D eigenvalue weighted by Gasteiger charge is -2.00. The first-order valence-electron chi connectivity index (χ1n) is 4.39. The van der Waals surface area contributed by atoms with E-state index < -0.39 is 4.92 Å². The maximum Gasteiger partial charge on any atom is 0.271 e. The Bertz CT molecular complexity index is 345. The van der Waals surface area contributed by atoms with Crippen LogP contribution in [0.4, 0.5) is 5.69 Å². The van der Waals surface area contributed by atoms with Crippen molar-refractivity contribution in [3.63, 3.8) is 0 Å². The molecule has 2 N–H and O–H groups in total. The molecule has 0 heterocycles. The summed E-state index contributed by atoms with van der Waals surface area (Å²) in [5, 5.41) is 13.0. The van der Waals surface area contributed by atoms with Crippen molar-refractivity contribution < 1.29 is 22.6 Å². The Morgan fingerprint density at radius 3 is 2.67 bits per heavy atom. The molecule has 0 bridgehead atoms. The van der Waals surface area contributed by atoms with Gasteiger partial charge in [-0.15, -0.1) is 0 Å². The second-order valence-corrected chi connectivity index (χ2v) is 3.41. The van der Waals surface area contributed by atoms with Crippen molar-refractivity contribution in [1.82, 2.24) is 0 Å². The fraction of sp³-hybridized carbons (Fsp3) is 0.333. The quantitative estimate of drug-likeness (QED) is 0.514. The van der Waals surface area contributed by atoms with Gasteiger partial charge in [0.25, 0.3) is 5.69 Å². The highest BCUT2D eigenvalue weighted by Gasteiger charge is 2.09. The minimum atomic E-state index is -0.429. The molecule has 1 aromatic rings. The lowest BCUT2D eigenvalue weighted by atomic mass is 10.2. The molecule has 4 nitrogen and oxygen atoms in total. The Labute approximate surface area is 99.2 Å². The Morgan fingerprint density at radius 1 is 1.47 bits per heavy atom. The number of hydrogen-bond acceptors (Lipinski definition) is 2. The highest BCUT2D eigenvalue weighted by molar-refractivity contribution is 6.30. The Kier molecular flexibility index (Phi) is 6.24. The van der Waals surface area contributed by atoms with Gasteiger partial charge in [0.15, 0.2) is 0 Å². The summed E-state index contributed by atoms with van der Waals surface area (Å²) < 4.78 is 0. The lowest BCUT2D eigenvalue weighted by molar-refractivity contribution is -0.667. The number of nitro groups is 1. The van der Waals surface area contributed by atoms with Gasteiger partial charge >= 0.3 is 0 Å². The zero-order chi connectivity index (χ0) is 10.6. The zero-order valence-electron chi connectivity index (χ0n) is 8.24. The van der Waals surface area contributed by atoms with Crippen molar-refractivity contribution in [2.24, 2.45) is 0 Å². The molecule has 0 aromatic heterocycles. The molecule has 0 aliphatic rings. The molecule has 0 saturated heterocycles. The van der Waals surface area contributed by atoms with Crippen molar-refractivity contribution in [1.29, 1.82) is 0 Å². The van der Waals surface area contributed by atoms with E-state index in [9.17, 15) is 10.1 Å². The van der Waals surface area contributed by atoms with Crippen LogP contribution in [0.2, 0.25) is 5.02 Å². The van der Waals surface area contributed by atoms with Crippen LogP contribution in [0.3, 0.4) is 0 Å². The van der Waals surface area contributed by atoms with Crippen molar-refractivity contribution in [2.75, 3.05) is 6.54 Å². The number of nitrogens with two attached hydrogens (primary N) is 1. The largest absolute Gasteiger partial charge is 1.00 e. The van der Waals surface area contributed by atoms with E-state index in [1.165, 1.54) is 6.07 Å². The summed E-state index contributed by atoms with van der Waals surface area (Å²) >= 11 is 5.75. The summed E-state index contributed by atoms with van der Waals surface area (Å²) in [6, 6.07) is 4.66. The van der Waals surface area contributed by atoms with Gasteiger partial charge in [-0.25, -0.2) is 0 Å². The molecule has 0 fully saturated rings. The van der Waals surface area contributed by atoms with E-state index in [4.69, 9.17) is 11.6 Å². The van der Waals surface area contributed by atoms with Crippen LogP contribution in [-0.4, -0.2) is 11.5 Å². The van der Waals surface area contributed by atoms with Gasteiger partial charge in [-0.2, -0.15) is 0 Å². The third-order valence-electron chi connectivity index (χ3n) is 1.82. The number of nitrogens with zero attached hydrogens (tertiary/aromatic N) is 1. The summed E-state index contributed by atoms with van der Waals surface area (Å²) in [6.07, 6.45) is 0. The smallest absolute Gasteiger partial charge is 0.271 e. The van der Waals surface area contributed by atoms with Crippen LogP contribution in [-0.2, 0) is 6.54 Å². The molecular formula is C9H12Cl2N2O2. The maximum atomic E-state index is 10.5. The second-order valence-electron chi connectivity index (χ2n) is 2.98. The van der Waals surface area contributed by atoms with E-state index in [1.807, 2.05) is 6.92 Å². The monoisotopic (exact) mass is 250 g/mol. The van der Waals surface area contributed by atoms with Crippen molar-refractivity contribution in [3.05, 3.63) is 38.9 Å². The Hall–Kier alpha value is -0.840. The molecule has 15 heavy (non-hydrogen) atoms. The van der Waals surface area contributed by atoms with E-state index >= 15 is 0 Å². The van der Waals surface area contributed by atoms with Crippen LogP contribution in [0.15, 0.2) is 18.2 Å². The molecule has 6 heteroatoms. The van der Waals surface area contributed by atoms with Crippen molar-refractivity contribution in [3.8, 4) is 0 Å². The van der Waals surface area contributed by atoms with E-state index in [1.54, 1.807) is 12.1 Å². The molecule has 0 aliphatic heterocycles. The molecule has 0 amide bonds. The van der Waals surface area contributed by atoms with Gasteiger partial charge in [0.2, 0.25) is 0 Å². The van der Waals surface area contributed by atoms with Crippen LogP contribution < -0.4 is 17.7 Å². The average molecular weight is 251 g/mol. The Morgan fingerprint density at radius 2 is 2.13 bits per heavy atom. The minimum absolute atomic E-state index is 0. The summed E-state index contributed by atoms with van der Waals surface area (Å²) in [5.74, 6) is 0. The fourth-order valence-electron chi connectivity index (χ4n) is 1.17. The van der Waals surface area contributed by atoms with Gasteiger partial charge in [-0.1, -0.05) is 11.6 Å². The molecule has 1 aromatic carbocycles. The van der Waals surface area contributed by atoms with Gasteiger partial charge in [-0.3, -0.25) is 10.1 Å². The molecule has 0 saturated carbocycles. The molecule has 0 radical (unpaired) electrons. The fourth-order valence-corrected chi connectivity index (χ4v) is 1.42. The maximum absolute atomic E-state index is 10.5.